The third kappa shape index (κ3) is 5.06. The van der Waals surface area contributed by atoms with Crippen LogP contribution in [0, 0.1) is 0 Å². The van der Waals surface area contributed by atoms with Gasteiger partial charge in [0.1, 0.15) is 11.9 Å². The average Bonchev–Trinajstić information content (AvgIpc) is 2.51. The molecule has 0 N–H and O–H groups in total. The van der Waals surface area contributed by atoms with Gasteiger partial charge in [-0.2, -0.15) is 0 Å². The van der Waals surface area contributed by atoms with Crippen molar-refractivity contribution in [2.45, 2.75) is 47.1 Å². The molecule has 0 aliphatic carbocycles. The van der Waals surface area contributed by atoms with E-state index in [1.54, 1.807) is 20.1 Å². The molecule has 3 nitrogen and oxygen atoms in total. The molecule has 1 aromatic carbocycles. The van der Waals surface area contributed by atoms with Crippen LogP contribution in [0.3, 0.4) is 0 Å². The van der Waals surface area contributed by atoms with Crippen LogP contribution in [0.15, 0.2) is 41.5 Å². The van der Waals surface area contributed by atoms with Gasteiger partial charge in [-0.15, -0.1) is 0 Å². The number of hydrogen-bond donors (Lipinski definition) is 0. The van der Waals surface area contributed by atoms with Gasteiger partial charge in [0, 0.05) is 5.57 Å². The summed E-state index contributed by atoms with van der Waals surface area (Å²) in [6.07, 6.45) is 4.42. The molecule has 0 heterocycles. The summed E-state index contributed by atoms with van der Waals surface area (Å²) in [5.74, 6) is 0.570. The maximum atomic E-state index is 11.9. The molecule has 0 unspecified atom stereocenters. The Morgan fingerprint density at radius 1 is 1.27 bits per heavy atom. The number of esters is 1. The molecule has 0 aromatic heterocycles. The highest BCUT2D eigenvalue weighted by Gasteiger charge is 2.14. The van der Waals surface area contributed by atoms with Crippen LogP contribution in [0.2, 0.25) is 0 Å². The molecule has 3 heteroatoms. The molecule has 0 amide bonds. The molecule has 1 aromatic rings. The van der Waals surface area contributed by atoms with Crippen LogP contribution in [0.25, 0.3) is 0 Å². The van der Waals surface area contributed by atoms with Gasteiger partial charge >= 0.3 is 5.97 Å². The first-order chi connectivity index (χ1) is 10.4. The molecule has 0 aliphatic rings. The number of carbonyl (C=O) groups excluding carboxylic acids is 1. The van der Waals surface area contributed by atoms with Gasteiger partial charge in [0.2, 0.25) is 0 Å². The van der Waals surface area contributed by atoms with Crippen LogP contribution in [0.1, 0.15) is 51.8 Å². The Bertz CT molecular complexity index is 578. The molecule has 0 saturated carbocycles. The summed E-state index contributed by atoms with van der Waals surface area (Å²) in [5.41, 5.74) is 3.93. The van der Waals surface area contributed by atoms with Crippen molar-refractivity contribution in [2.24, 2.45) is 0 Å². The standard InChI is InChI=1S/C19H26O3/c1-7-14(4)19(20)22-15(5)16-10-11-18(21-6)17(12-16)9-8-13(2)3/h7-8,10-12,15H,9H2,1-6H3/b14-7-/t15-/m0/s1. The van der Waals surface area contributed by atoms with Gasteiger partial charge in [-0.25, -0.2) is 4.79 Å². The number of rotatable bonds is 6. The van der Waals surface area contributed by atoms with Crippen LogP contribution in [-0.4, -0.2) is 13.1 Å². The van der Waals surface area contributed by atoms with Gasteiger partial charge in [-0.1, -0.05) is 23.8 Å². The van der Waals surface area contributed by atoms with E-state index < -0.39 is 0 Å². The van der Waals surface area contributed by atoms with E-state index in [4.69, 9.17) is 9.47 Å². The van der Waals surface area contributed by atoms with Crippen LogP contribution >= 0.6 is 0 Å². The highest BCUT2D eigenvalue weighted by Crippen LogP contribution is 2.26. The Labute approximate surface area is 133 Å². The summed E-state index contributed by atoms with van der Waals surface area (Å²) < 4.78 is 10.9. The van der Waals surface area contributed by atoms with Crippen LogP contribution in [0.5, 0.6) is 5.75 Å². The number of methoxy groups -OCH3 is 1. The smallest absolute Gasteiger partial charge is 0.333 e. The molecule has 0 spiro atoms. The van der Waals surface area contributed by atoms with E-state index in [-0.39, 0.29) is 12.1 Å². The lowest BCUT2D eigenvalue weighted by Crippen LogP contribution is -2.10. The zero-order chi connectivity index (χ0) is 16.7. The molecule has 1 atom stereocenters. The van der Waals surface area contributed by atoms with Gasteiger partial charge in [-0.3, -0.25) is 0 Å². The summed E-state index contributed by atoms with van der Waals surface area (Å²) >= 11 is 0. The zero-order valence-electron chi connectivity index (χ0n) is 14.4. The molecular formula is C19H26O3. The summed E-state index contributed by atoms with van der Waals surface area (Å²) in [6, 6.07) is 5.91. The lowest BCUT2D eigenvalue weighted by atomic mass is 10.0. The second-order valence-corrected chi connectivity index (χ2v) is 5.58. The van der Waals surface area contributed by atoms with E-state index >= 15 is 0 Å². The molecule has 22 heavy (non-hydrogen) atoms. The molecule has 0 saturated heterocycles. The van der Waals surface area contributed by atoms with Crippen molar-refractivity contribution in [3.05, 3.63) is 52.6 Å². The first-order valence-electron chi connectivity index (χ1n) is 7.53. The average molecular weight is 302 g/mol. The molecule has 0 bridgehead atoms. The normalized spacial score (nSPS) is 12.5. The van der Waals surface area contributed by atoms with Crippen LogP contribution in [0.4, 0.5) is 0 Å². The maximum Gasteiger partial charge on any atom is 0.333 e. The summed E-state index contributed by atoms with van der Waals surface area (Å²) in [6.45, 7) is 9.60. The molecule has 0 radical (unpaired) electrons. The second-order valence-electron chi connectivity index (χ2n) is 5.58. The van der Waals surface area contributed by atoms with E-state index in [1.165, 1.54) is 5.57 Å². The molecule has 0 fully saturated rings. The summed E-state index contributed by atoms with van der Waals surface area (Å²) in [7, 11) is 1.67. The summed E-state index contributed by atoms with van der Waals surface area (Å²) in [4.78, 5) is 11.9. The Morgan fingerprint density at radius 2 is 1.95 bits per heavy atom. The van der Waals surface area contributed by atoms with Crippen molar-refractivity contribution in [3.8, 4) is 5.75 Å². The van der Waals surface area contributed by atoms with Gasteiger partial charge in [0.15, 0.2) is 0 Å². The van der Waals surface area contributed by atoms with Crippen molar-refractivity contribution < 1.29 is 14.3 Å². The fourth-order valence-corrected chi connectivity index (χ4v) is 1.96. The van der Waals surface area contributed by atoms with Gasteiger partial charge in [-0.05, 0) is 64.3 Å². The van der Waals surface area contributed by atoms with Gasteiger partial charge < -0.3 is 9.47 Å². The van der Waals surface area contributed by atoms with Gasteiger partial charge in [0.25, 0.3) is 0 Å². The fraction of sp³-hybridized carbons (Fsp3) is 0.421. The van der Waals surface area contributed by atoms with Crippen molar-refractivity contribution in [1.82, 2.24) is 0 Å². The Morgan fingerprint density at radius 3 is 2.50 bits per heavy atom. The summed E-state index contributed by atoms with van der Waals surface area (Å²) in [5, 5.41) is 0. The number of allylic oxidation sites excluding steroid dienone is 3. The Kier molecular flexibility index (Phi) is 6.90. The first-order valence-corrected chi connectivity index (χ1v) is 7.53. The van der Waals surface area contributed by atoms with E-state index in [0.717, 1.165) is 23.3 Å². The number of ether oxygens (including phenoxy) is 2. The minimum Gasteiger partial charge on any atom is -0.496 e. The lowest BCUT2D eigenvalue weighted by molar-refractivity contribution is -0.143. The zero-order valence-corrected chi connectivity index (χ0v) is 14.4. The number of hydrogen-bond acceptors (Lipinski definition) is 3. The van der Waals surface area contributed by atoms with E-state index in [1.807, 2.05) is 32.0 Å². The Balaban J connectivity index is 2.97. The van der Waals surface area contributed by atoms with Crippen molar-refractivity contribution >= 4 is 5.97 Å². The fourth-order valence-electron chi connectivity index (χ4n) is 1.96. The maximum absolute atomic E-state index is 11.9. The molecule has 1 rings (SSSR count). The number of carbonyl (C=O) groups is 1. The molecular weight excluding hydrogens is 276 g/mol. The highest BCUT2D eigenvalue weighted by atomic mass is 16.5. The predicted octanol–water partition coefficient (Wildman–Crippen LogP) is 4.77. The van der Waals surface area contributed by atoms with E-state index in [9.17, 15) is 4.79 Å². The van der Waals surface area contributed by atoms with E-state index in [2.05, 4.69) is 19.9 Å². The largest absolute Gasteiger partial charge is 0.496 e. The minimum absolute atomic E-state index is 0.281. The minimum atomic E-state index is -0.293. The lowest BCUT2D eigenvalue weighted by Gasteiger charge is -2.16. The highest BCUT2D eigenvalue weighted by molar-refractivity contribution is 5.87. The van der Waals surface area contributed by atoms with Crippen LogP contribution < -0.4 is 4.74 Å². The SMILES string of the molecule is C/C=C(/C)C(=O)O[C@@H](C)c1ccc(OC)c(CC=C(C)C)c1. The van der Waals surface area contributed by atoms with Crippen molar-refractivity contribution in [2.75, 3.05) is 7.11 Å². The van der Waals surface area contributed by atoms with Crippen LogP contribution in [-0.2, 0) is 16.0 Å². The predicted molar refractivity (Wildman–Crippen MR) is 90.1 cm³/mol. The topological polar surface area (TPSA) is 35.5 Å². The quantitative estimate of drug-likeness (QED) is 0.431. The third-order valence-corrected chi connectivity index (χ3v) is 3.54. The van der Waals surface area contributed by atoms with Gasteiger partial charge in [0.05, 0.1) is 7.11 Å². The second kappa shape index (κ2) is 8.42. The third-order valence-electron chi connectivity index (χ3n) is 3.54. The first kappa shape index (κ1) is 18.0. The Hall–Kier alpha value is -2.03. The monoisotopic (exact) mass is 302 g/mol. The van der Waals surface area contributed by atoms with E-state index in [0.29, 0.717) is 5.57 Å². The number of benzene rings is 1. The molecule has 120 valence electrons. The molecule has 0 aliphatic heterocycles. The van der Waals surface area contributed by atoms with Crippen molar-refractivity contribution in [1.29, 1.82) is 0 Å². The van der Waals surface area contributed by atoms with Crippen molar-refractivity contribution in [3.63, 3.8) is 0 Å².